The van der Waals surface area contributed by atoms with E-state index in [0.29, 0.717) is 0 Å². The molecule has 0 radical (unpaired) electrons. The Labute approximate surface area is 134 Å². The van der Waals surface area contributed by atoms with Gasteiger partial charge in [0.05, 0.1) is 0 Å². The smallest absolute Gasteiger partial charge is 0.0162 e. The van der Waals surface area contributed by atoms with Gasteiger partial charge in [0.2, 0.25) is 0 Å². The summed E-state index contributed by atoms with van der Waals surface area (Å²) in [5, 5.41) is 0. The zero-order chi connectivity index (χ0) is 15.4. The van der Waals surface area contributed by atoms with E-state index in [4.69, 9.17) is 0 Å². The Morgan fingerprint density at radius 2 is 1.32 bits per heavy atom. The second kappa shape index (κ2) is 6.96. The van der Waals surface area contributed by atoms with Gasteiger partial charge < -0.3 is 0 Å². The predicted octanol–water partition coefficient (Wildman–Crippen LogP) is 6.51. The molecule has 0 spiro atoms. The normalized spacial score (nSPS) is 22.1. The average molecular weight is 290 g/mol. The number of benzene rings is 2. The van der Waals surface area contributed by atoms with Crippen LogP contribution < -0.4 is 0 Å². The summed E-state index contributed by atoms with van der Waals surface area (Å²) in [4.78, 5) is 0. The first-order chi connectivity index (χ1) is 10.8. The van der Waals surface area contributed by atoms with Crippen molar-refractivity contribution in [3.05, 3.63) is 71.8 Å². The first kappa shape index (κ1) is 15.1. The summed E-state index contributed by atoms with van der Waals surface area (Å²) in [6.07, 6.45) is 9.94. The zero-order valence-electron chi connectivity index (χ0n) is 13.8. The zero-order valence-corrected chi connectivity index (χ0v) is 13.8. The minimum absolute atomic E-state index is 0.758. The van der Waals surface area contributed by atoms with Gasteiger partial charge >= 0.3 is 0 Å². The SMILES string of the molecule is C/C=C/C1CCC(c2ccc(-c3ccc(C)cc3)cc2)CC1. The van der Waals surface area contributed by atoms with Crippen molar-refractivity contribution < 1.29 is 0 Å². The van der Waals surface area contributed by atoms with Crippen LogP contribution in [-0.4, -0.2) is 0 Å². The second-order valence-electron chi connectivity index (χ2n) is 6.63. The van der Waals surface area contributed by atoms with E-state index >= 15 is 0 Å². The molecule has 0 N–H and O–H groups in total. The minimum atomic E-state index is 0.758. The van der Waals surface area contributed by atoms with E-state index < -0.39 is 0 Å². The second-order valence-corrected chi connectivity index (χ2v) is 6.63. The molecule has 114 valence electrons. The number of rotatable bonds is 3. The highest BCUT2D eigenvalue weighted by Crippen LogP contribution is 2.36. The fourth-order valence-electron chi connectivity index (χ4n) is 3.61. The van der Waals surface area contributed by atoms with Crippen LogP contribution in [0.4, 0.5) is 0 Å². The summed E-state index contributed by atoms with van der Waals surface area (Å²) >= 11 is 0. The van der Waals surface area contributed by atoms with Crippen LogP contribution in [-0.2, 0) is 0 Å². The van der Waals surface area contributed by atoms with Crippen molar-refractivity contribution in [1.29, 1.82) is 0 Å². The van der Waals surface area contributed by atoms with Crippen LogP contribution in [0.1, 0.15) is 49.7 Å². The molecule has 0 heterocycles. The Kier molecular flexibility index (Phi) is 4.77. The van der Waals surface area contributed by atoms with Crippen molar-refractivity contribution in [2.75, 3.05) is 0 Å². The van der Waals surface area contributed by atoms with Crippen molar-refractivity contribution in [2.24, 2.45) is 5.92 Å². The first-order valence-corrected chi connectivity index (χ1v) is 8.56. The van der Waals surface area contributed by atoms with Crippen molar-refractivity contribution in [1.82, 2.24) is 0 Å². The summed E-state index contributed by atoms with van der Waals surface area (Å²) in [5.41, 5.74) is 5.48. The third-order valence-corrected chi connectivity index (χ3v) is 5.00. The van der Waals surface area contributed by atoms with Gasteiger partial charge in [-0.05, 0) is 68.1 Å². The van der Waals surface area contributed by atoms with Gasteiger partial charge in [-0.1, -0.05) is 66.2 Å². The van der Waals surface area contributed by atoms with Crippen LogP contribution in [0.25, 0.3) is 11.1 Å². The molecule has 1 fully saturated rings. The molecule has 1 aliphatic rings. The predicted molar refractivity (Wildman–Crippen MR) is 96.1 cm³/mol. The Morgan fingerprint density at radius 1 is 0.773 bits per heavy atom. The molecule has 2 aromatic rings. The van der Waals surface area contributed by atoms with Crippen LogP contribution >= 0.6 is 0 Å². The number of hydrogen-bond donors (Lipinski definition) is 0. The quantitative estimate of drug-likeness (QED) is 0.565. The molecule has 0 amide bonds. The average Bonchev–Trinajstić information content (AvgIpc) is 2.57. The molecule has 1 aliphatic carbocycles. The molecule has 0 unspecified atom stereocenters. The summed E-state index contributed by atoms with van der Waals surface area (Å²) in [5.74, 6) is 1.57. The number of allylic oxidation sites excluding steroid dienone is 2. The summed E-state index contributed by atoms with van der Waals surface area (Å²) in [6, 6.07) is 18.1. The number of aryl methyl sites for hydroxylation is 1. The maximum absolute atomic E-state index is 2.39. The maximum Gasteiger partial charge on any atom is -0.0162 e. The third-order valence-electron chi connectivity index (χ3n) is 5.00. The van der Waals surface area contributed by atoms with E-state index in [1.807, 2.05) is 0 Å². The fraction of sp³-hybridized carbons (Fsp3) is 0.364. The van der Waals surface area contributed by atoms with Crippen molar-refractivity contribution in [2.45, 2.75) is 45.4 Å². The van der Waals surface area contributed by atoms with E-state index in [1.165, 1.54) is 47.9 Å². The van der Waals surface area contributed by atoms with Crippen LogP contribution in [0.5, 0.6) is 0 Å². The highest BCUT2D eigenvalue weighted by Gasteiger charge is 2.20. The van der Waals surface area contributed by atoms with Crippen LogP contribution in [0, 0.1) is 12.8 Å². The molecular weight excluding hydrogens is 264 g/mol. The standard InChI is InChI=1S/C22H26/c1-3-4-18-7-11-20(12-8-18)22-15-13-21(14-16-22)19-9-5-17(2)6-10-19/h3-6,9-10,13-16,18,20H,7-8,11-12H2,1-2H3/b4-3+. The van der Waals surface area contributed by atoms with Gasteiger partial charge in [0.1, 0.15) is 0 Å². The molecule has 0 atom stereocenters. The largest absolute Gasteiger partial charge is 0.0914 e. The van der Waals surface area contributed by atoms with Gasteiger partial charge in [-0.2, -0.15) is 0 Å². The number of hydrogen-bond acceptors (Lipinski definition) is 0. The molecule has 3 rings (SSSR count). The maximum atomic E-state index is 2.39. The monoisotopic (exact) mass is 290 g/mol. The molecule has 0 bridgehead atoms. The van der Waals surface area contributed by atoms with Crippen LogP contribution in [0.2, 0.25) is 0 Å². The van der Waals surface area contributed by atoms with Crippen LogP contribution in [0.15, 0.2) is 60.7 Å². The first-order valence-electron chi connectivity index (χ1n) is 8.56. The van der Waals surface area contributed by atoms with Gasteiger partial charge in [0.25, 0.3) is 0 Å². The lowest BCUT2D eigenvalue weighted by molar-refractivity contribution is 0.376. The molecule has 0 aliphatic heterocycles. The minimum Gasteiger partial charge on any atom is -0.0914 e. The lowest BCUT2D eigenvalue weighted by Gasteiger charge is -2.27. The highest BCUT2D eigenvalue weighted by atomic mass is 14.3. The Morgan fingerprint density at radius 3 is 1.86 bits per heavy atom. The van der Waals surface area contributed by atoms with E-state index in [-0.39, 0.29) is 0 Å². The molecule has 0 nitrogen and oxygen atoms in total. The lowest BCUT2D eigenvalue weighted by atomic mass is 9.78. The van der Waals surface area contributed by atoms with E-state index in [2.05, 4.69) is 74.5 Å². The van der Waals surface area contributed by atoms with E-state index in [1.54, 1.807) is 0 Å². The Balaban J connectivity index is 1.68. The van der Waals surface area contributed by atoms with Gasteiger partial charge in [0, 0.05) is 0 Å². The van der Waals surface area contributed by atoms with Gasteiger partial charge in [-0.3, -0.25) is 0 Å². The van der Waals surface area contributed by atoms with Gasteiger partial charge in [-0.15, -0.1) is 0 Å². The third kappa shape index (κ3) is 3.50. The topological polar surface area (TPSA) is 0 Å². The molecule has 2 aromatic carbocycles. The molecule has 0 heteroatoms. The molecule has 22 heavy (non-hydrogen) atoms. The Hall–Kier alpha value is -1.82. The molecule has 0 saturated heterocycles. The van der Waals surface area contributed by atoms with Crippen LogP contribution in [0.3, 0.4) is 0 Å². The van der Waals surface area contributed by atoms with Crippen molar-refractivity contribution in [3.63, 3.8) is 0 Å². The van der Waals surface area contributed by atoms with Crippen molar-refractivity contribution >= 4 is 0 Å². The summed E-state index contributed by atoms with van der Waals surface area (Å²) < 4.78 is 0. The Bertz CT molecular complexity index is 608. The molecular formula is C22H26. The van der Waals surface area contributed by atoms with Gasteiger partial charge in [-0.25, -0.2) is 0 Å². The highest BCUT2D eigenvalue weighted by molar-refractivity contribution is 5.64. The molecule has 0 aromatic heterocycles. The lowest BCUT2D eigenvalue weighted by Crippen LogP contribution is -2.11. The van der Waals surface area contributed by atoms with E-state index in [9.17, 15) is 0 Å². The van der Waals surface area contributed by atoms with E-state index in [0.717, 1.165) is 11.8 Å². The van der Waals surface area contributed by atoms with Gasteiger partial charge in [0.15, 0.2) is 0 Å². The van der Waals surface area contributed by atoms with Crippen molar-refractivity contribution in [3.8, 4) is 11.1 Å². The summed E-state index contributed by atoms with van der Waals surface area (Å²) in [6.45, 7) is 4.27. The fourth-order valence-corrected chi connectivity index (χ4v) is 3.61. The molecule has 1 saturated carbocycles. The summed E-state index contributed by atoms with van der Waals surface area (Å²) in [7, 11) is 0.